The van der Waals surface area contributed by atoms with E-state index < -0.39 is 41.9 Å². The molecule has 0 unspecified atom stereocenters. The number of nitrogen functional groups attached to an aromatic ring is 1. The first kappa shape index (κ1) is 28.7. The number of amides is 2. The molecular formula is C22H25N5O9S. The predicted octanol–water partition coefficient (Wildman–Crippen LogP) is 1.10. The number of hydrogen-bond donors (Lipinski definition) is 3. The summed E-state index contributed by atoms with van der Waals surface area (Å²) in [6, 6.07) is 3.67. The topological polar surface area (TPSA) is 198 Å². The minimum Gasteiger partial charge on any atom is -0.455 e. The van der Waals surface area contributed by atoms with Crippen molar-refractivity contribution in [1.29, 1.82) is 0 Å². The lowest BCUT2D eigenvalue weighted by atomic mass is 10.2. The van der Waals surface area contributed by atoms with Gasteiger partial charge in [0.2, 0.25) is 5.71 Å². The highest BCUT2D eigenvalue weighted by atomic mass is 32.1. The van der Waals surface area contributed by atoms with Crippen LogP contribution < -0.4 is 26.1 Å². The molecule has 0 saturated heterocycles. The minimum atomic E-state index is -0.840. The molecule has 37 heavy (non-hydrogen) atoms. The summed E-state index contributed by atoms with van der Waals surface area (Å²) in [7, 11) is 0. The number of benzene rings is 1. The molecule has 1 aromatic heterocycles. The Morgan fingerprint density at radius 1 is 1.03 bits per heavy atom. The first-order chi connectivity index (χ1) is 17.2. The molecule has 2 rings (SSSR count). The lowest BCUT2D eigenvalue weighted by molar-refractivity contribution is -0.146. The fourth-order valence-corrected chi connectivity index (χ4v) is 2.97. The molecule has 1 heterocycles. The fraction of sp³-hybridized carbons (Fsp3) is 0.318. The Morgan fingerprint density at radius 3 is 2.24 bits per heavy atom. The van der Waals surface area contributed by atoms with E-state index in [1.807, 2.05) is 0 Å². The molecule has 0 bridgehead atoms. The van der Waals surface area contributed by atoms with E-state index in [-0.39, 0.29) is 33.6 Å². The molecule has 0 saturated carbocycles. The van der Waals surface area contributed by atoms with E-state index in [1.165, 1.54) is 17.5 Å². The highest BCUT2D eigenvalue weighted by Gasteiger charge is 2.25. The van der Waals surface area contributed by atoms with E-state index in [0.29, 0.717) is 0 Å². The molecule has 0 spiro atoms. The van der Waals surface area contributed by atoms with Crippen LogP contribution in [0.2, 0.25) is 0 Å². The molecule has 0 aliphatic carbocycles. The third kappa shape index (κ3) is 9.56. The number of oxime groups is 1. The molecule has 2 aromatic rings. The molecule has 0 aliphatic rings. The number of aromatic nitrogens is 1. The van der Waals surface area contributed by atoms with Gasteiger partial charge in [0.05, 0.1) is 0 Å². The lowest BCUT2D eigenvalue weighted by Gasteiger charge is -2.19. The van der Waals surface area contributed by atoms with E-state index >= 15 is 0 Å². The summed E-state index contributed by atoms with van der Waals surface area (Å²) in [6.07, 6.45) is 0. The van der Waals surface area contributed by atoms with Crippen molar-refractivity contribution in [3.05, 3.63) is 34.8 Å². The van der Waals surface area contributed by atoms with Crippen molar-refractivity contribution in [2.24, 2.45) is 5.16 Å². The summed E-state index contributed by atoms with van der Waals surface area (Å²) >= 11 is 1.07. The van der Waals surface area contributed by atoms with Crippen LogP contribution in [0, 0.1) is 0 Å². The fourth-order valence-electron chi connectivity index (χ4n) is 2.42. The Labute approximate surface area is 215 Å². The summed E-state index contributed by atoms with van der Waals surface area (Å²) in [5, 5.41) is 5.31. The lowest BCUT2D eigenvalue weighted by Crippen LogP contribution is -2.43. The number of nitrogens with zero attached hydrogens (tertiary/aromatic N) is 2. The third-order valence-electron chi connectivity index (χ3n) is 3.74. The number of carbonyl (C=O) groups excluding carboxylic acids is 5. The second-order valence-corrected chi connectivity index (χ2v) is 9.03. The van der Waals surface area contributed by atoms with E-state index in [2.05, 4.69) is 21.0 Å². The highest BCUT2D eigenvalue weighted by Crippen LogP contribution is 2.29. The summed E-state index contributed by atoms with van der Waals surface area (Å²) in [4.78, 5) is 68.4. The zero-order valence-electron chi connectivity index (χ0n) is 20.6. The predicted molar refractivity (Wildman–Crippen MR) is 130 cm³/mol. The first-order valence-electron chi connectivity index (χ1n) is 10.5. The van der Waals surface area contributed by atoms with Crippen molar-refractivity contribution in [3.63, 3.8) is 0 Å². The Balaban J connectivity index is 2.02. The number of esters is 3. The normalized spacial score (nSPS) is 11.2. The van der Waals surface area contributed by atoms with Crippen LogP contribution in [0.1, 0.15) is 50.7 Å². The van der Waals surface area contributed by atoms with E-state index in [0.717, 1.165) is 31.3 Å². The third-order valence-corrected chi connectivity index (χ3v) is 4.41. The van der Waals surface area contributed by atoms with Crippen molar-refractivity contribution < 1.29 is 43.0 Å². The molecule has 0 atom stereocenters. The van der Waals surface area contributed by atoms with Crippen molar-refractivity contribution >= 4 is 51.9 Å². The van der Waals surface area contributed by atoms with Gasteiger partial charge in [0, 0.05) is 24.8 Å². The zero-order chi connectivity index (χ0) is 27.8. The Hall–Kier alpha value is -4.53. The average molecular weight is 536 g/mol. The molecule has 0 aliphatic heterocycles. The van der Waals surface area contributed by atoms with Gasteiger partial charge in [0.15, 0.2) is 23.2 Å². The molecule has 198 valence electrons. The maximum Gasteiger partial charge on any atom is 0.363 e. The quantitative estimate of drug-likeness (QED) is 0.189. The number of nitrogens with two attached hydrogens (primary N) is 1. The maximum absolute atomic E-state index is 12.5. The zero-order valence-corrected chi connectivity index (χ0v) is 21.4. The summed E-state index contributed by atoms with van der Waals surface area (Å²) in [5.74, 6) is -4.06. The van der Waals surface area contributed by atoms with Crippen LogP contribution >= 0.6 is 11.3 Å². The SMILES string of the molecule is CC(=O)Oc1ccc(C(=O)NNC(=O)CON=C(C(=O)OC(C)(C)C)c2csc(N)n2)cc1OC(C)=O. The van der Waals surface area contributed by atoms with Crippen molar-refractivity contribution in [1.82, 2.24) is 15.8 Å². The number of anilines is 1. The number of ether oxygens (including phenoxy) is 3. The van der Waals surface area contributed by atoms with Gasteiger partial charge in [-0.05, 0) is 39.0 Å². The standard InChI is InChI=1S/C22H25N5O9S/c1-11(28)34-15-7-6-13(8-16(15)35-12(2)29)19(31)26-25-17(30)9-33-27-18(14-10-37-21(23)24-14)20(32)36-22(3,4)5/h6-8,10H,9H2,1-5H3,(H2,23,24)(H,25,30)(H,26,31). The Kier molecular flexibility index (Phi) is 9.65. The van der Waals surface area contributed by atoms with Crippen molar-refractivity contribution in [3.8, 4) is 11.5 Å². The summed E-state index contributed by atoms with van der Waals surface area (Å²) in [5.41, 5.74) is 8.79. The highest BCUT2D eigenvalue weighted by molar-refractivity contribution is 7.13. The van der Waals surface area contributed by atoms with Gasteiger partial charge in [0.1, 0.15) is 11.3 Å². The van der Waals surface area contributed by atoms with Crippen LogP contribution in [0.5, 0.6) is 11.5 Å². The summed E-state index contributed by atoms with van der Waals surface area (Å²) in [6.45, 7) is 6.58. The molecule has 14 nitrogen and oxygen atoms in total. The minimum absolute atomic E-state index is 0.0280. The van der Waals surface area contributed by atoms with Gasteiger partial charge in [-0.15, -0.1) is 11.3 Å². The van der Waals surface area contributed by atoms with Crippen LogP contribution in [0.3, 0.4) is 0 Å². The van der Waals surface area contributed by atoms with Gasteiger partial charge in [-0.3, -0.25) is 30.0 Å². The van der Waals surface area contributed by atoms with Gasteiger partial charge in [-0.25, -0.2) is 9.78 Å². The maximum atomic E-state index is 12.5. The average Bonchev–Trinajstić information content (AvgIpc) is 3.20. The molecule has 2 amide bonds. The molecule has 15 heteroatoms. The van der Waals surface area contributed by atoms with Crippen LogP contribution in [-0.2, 0) is 28.8 Å². The van der Waals surface area contributed by atoms with Crippen LogP contribution in [0.15, 0.2) is 28.7 Å². The number of nitrogens with one attached hydrogen (secondary N) is 2. The molecule has 1 aromatic carbocycles. The Morgan fingerprint density at radius 2 is 1.68 bits per heavy atom. The second-order valence-electron chi connectivity index (χ2n) is 8.14. The van der Waals surface area contributed by atoms with E-state index in [4.69, 9.17) is 24.8 Å². The van der Waals surface area contributed by atoms with Crippen molar-refractivity contribution in [2.45, 2.75) is 40.2 Å². The first-order valence-corrected chi connectivity index (χ1v) is 11.4. The van der Waals surface area contributed by atoms with Gasteiger partial charge in [-0.2, -0.15) is 0 Å². The second kappa shape index (κ2) is 12.4. The van der Waals surface area contributed by atoms with Crippen molar-refractivity contribution in [2.75, 3.05) is 12.3 Å². The number of hydrazine groups is 1. The number of hydrogen-bond acceptors (Lipinski definition) is 13. The largest absolute Gasteiger partial charge is 0.455 e. The van der Waals surface area contributed by atoms with Crippen LogP contribution in [-0.4, -0.2) is 52.6 Å². The van der Waals surface area contributed by atoms with Gasteiger partial charge in [-0.1, -0.05) is 5.16 Å². The van der Waals surface area contributed by atoms with E-state index in [1.54, 1.807) is 20.8 Å². The van der Waals surface area contributed by atoms with Crippen LogP contribution in [0.25, 0.3) is 0 Å². The number of carbonyl (C=O) groups is 5. The van der Waals surface area contributed by atoms with Gasteiger partial charge < -0.3 is 24.8 Å². The Bertz CT molecular complexity index is 1230. The molecule has 4 N–H and O–H groups in total. The molecule has 0 radical (unpaired) electrons. The smallest absolute Gasteiger partial charge is 0.363 e. The van der Waals surface area contributed by atoms with Crippen LogP contribution in [0.4, 0.5) is 5.13 Å². The number of rotatable bonds is 8. The summed E-state index contributed by atoms with van der Waals surface area (Å²) < 4.78 is 15.2. The van der Waals surface area contributed by atoms with E-state index in [9.17, 15) is 24.0 Å². The van der Waals surface area contributed by atoms with Gasteiger partial charge >= 0.3 is 17.9 Å². The molecule has 0 fully saturated rings. The van der Waals surface area contributed by atoms with Gasteiger partial charge in [0.25, 0.3) is 11.8 Å². The number of thiazole rings is 1. The molecular weight excluding hydrogens is 510 g/mol. The monoisotopic (exact) mass is 535 g/mol.